The number of rotatable bonds is 2. The molecule has 2 heterocycles. The third kappa shape index (κ3) is 1.51. The molecule has 90 valence electrons. The highest BCUT2D eigenvalue weighted by atomic mass is 35.5. The van der Waals surface area contributed by atoms with Crippen molar-refractivity contribution in [2.45, 2.75) is 36.1 Å². The SMILES string of the molecule is CC1(C)S[C@@H]2C(N)C(=O)N2[C@H]1C(=O)OCCl. The second-order valence-corrected chi connectivity index (χ2v) is 6.35. The Morgan fingerprint density at radius 3 is 2.88 bits per heavy atom. The molecule has 2 fully saturated rings. The molecule has 1 amide bonds. The minimum atomic E-state index is -0.589. The molecule has 0 spiro atoms. The summed E-state index contributed by atoms with van der Waals surface area (Å²) in [5.41, 5.74) is 5.67. The highest BCUT2D eigenvalue weighted by molar-refractivity contribution is 8.01. The normalized spacial score (nSPS) is 35.6. The van der Waals surface area contributed by atoms with Crippen LogP contribution in [0, 0.1) is 0 Å². The van der Waals surface area contributed by atoms with Gasteiger partial charge in [-0.3, -0.25) is 4.79 Å². The lowest BCUT2D eigenvalue weighted by atomic mass is 9.96. The number of carbonyl (C=O) groups is 2. The second kappa shape index (κ2) is 3.78. The van der Waals surface area contributed by atoms with E-state index in [1.54, 1.807) is 0 Å². The molecule has 7 heteroatoms. The van der Waals surface area contributed by atoms with E-state index in [1.165, 1.54) is 16.7 Å². The van der Waals surface area contributed by atoms with Crippen LogP contribution in [-0.4, -0.2) is 45.0 Å². The quantitative estimate of drug-likeness (QED) is 0.436. The molecule has 3 atom stereocenters. The fourth-order valence-electron chi connectivity index (χ4n) is 2.16. The number of nitrogens with zero attached hydrogens (tertiary/aromatic N) is 1. The Morgan fingerprint density at radius 1 is 1.69 bits per heavy atom. The van der Waals surface area contributed by atoms with Crippen LogP contribution in [-0.2, 0) is 14.3 Å². The van der Waals surface area contributed by atoms with Crippen molar-refractivity contribution in [3.05, 3.63) is 0 Å². The van der Waals surface area contributed by atoms with Gasteiger partial charge in [-0.15, -0.1) is 11.8 Å². The third-order valence-electron chi connectivity index (χ3n) is 2.90. The molecule has 2 aliphatic rings. The molecule has 0 aromatic carbocycles. The van der Waals surface area contributed by atoms with E-state index in [2.05, 4.69) is 0 Å². The average Bonchev–Trinajstić information content (AvgIpc) is 2.47. The van der Waals surface area contributed by atoms with Crippen molar-refractivity contribution in [2.24, 2.45) is 5.73 Å². The van der Waals surface area contributed by atoms with Crippen molar-refractivity contribution in [1.29, 1.82) is 0 Å². The Morgan fingerprint density at radius 2 is 2.31 bits per heavy atom. The van der Waals surface area contributed by atoms with Crippen molar-refractivity contribution in [1.82, 2.24) is 4.90 Å². The molecule has 16 heavy (non-hydrogen) atoms. The predicted octanol–water partition coefficient (Wildman–Crippen LogP) is 0.116. The van der Waals surface area contributed by atoms with Crippen LogP contribution in [0.3, 0.4) is 0 Å². The van der Waals surface area contributed by atoms with Gasteiger partial charge in [0.15, 0.2) is 6.07 Å². The lowest BCUT2D eigenvalue weighted by molar-refractivity contribution is -0.161. The largest absolute Gasteiger partial charge is 0.448 e. The number of ether oxygens (including phenoxy) is 1. The summed E-state index contributed by atoms with van der Waals surface area (Å²) < 4.78 is 4.38. The molecule has 0 aromatic rings. The van der Waals surface area contributed by atoms with Gasteiger partial charge in [0.05, 0.1) is 0 Å². The zero-order chi connectivity index (χ0) is 12.1. The number of esters is 1. The summed E-state index contributed by atoms with van der Waals surface area (Å²) in [4.78, 5) is 24.8. The van der Waals surface area contributed by atoms with E-state index < -0.39 is 22.8 Å². The van der Waals surface area contributed by atoms with Gasteiger partial charge in [0.25, 0.3) is 0 Å². The van der Waals surface area contributed by atoms with Crippen LogP contribution in [0.25, 0.3) is 0 Å². The molecule has 0 bridgehead atoms. The number of halogens is 1. The number of fused-ring (bicyclic) bond motifs is 1. The van der Waals surface area contributed by atoms with E-state index in [1.807, 2.05) is 13.8 Å². The molecule has 2 N–H and O–H groups in total. The molecule has 0 radical (unpaired) electrons. The highest BCUT2D eigenvalue weighted by Crippen LogP contribution is 2.50. The number of nitrogens with two attached hydrogens (primary N) is 1. The summed E-state index contributed by atoms with van der Waals surface area (Å²) >= 11 is 6.89. The van der Waals surface area contributed by atoms with Gasteiger partial charge >= 0.3 is 5.97 Å². The molecule has 0 aliphatic carbocycles. The van der Waals surface area contributed by atoms with Crippen LogP contribution in [0.2, 0.25) is 0 Å². The standard InChI is InChI=1S/C9H13ClN2O3S/c1-9(2)5(8(14)15-3-10)12-6(13)4(11)7(12)16-9/h4-5,7H,3,11H2,1-2H3/t4?,5-,7+/m0/s1. The molecule has 0 aromatic heterocycles. The minimum absolute atomic E-state index is 0.115. The maximum absolute atomic E-state index is 11.7. The van der Waals surface area contributed by atoms with Crippen LogP contribution in [0.4, 0.5) is 0 Å². The van der Waals surface area contributed by atoms with E-state index in [0.717, 1.165) is 0 Å². The van der Waals surface area contributed by atoms with Gasteiger partial charge in [0.2, 0.25) is 5.91 Å². The Labute approximate surface area is 103 Å². The lowest BCUT2D eigenvalue weighted by Crippen LogP contribution is -2.68. The van der Waals surface area contributed by atoms with Gasteiger partial charge in [-0.05, 0) is 13.8 Å². The average molecular weight is 265 g/mol. The van der Waals surface area contributed by atoms with Crippen molar-refractivity contribution in [2.75, 3.05) is 6.07 Å². The Hall–Kier alpha value is -0.460. The number of carbonyl (C=O) groups excluding carboxylic acids is 2. The zero-order valence-electron chi connectivity index (χ0n) is 8.97. The third-order valence-corrected chi connectivity index (χ3v) is 4.60. The summed E-state index contributed by atoms with van der Waals surface area (Å²) in [5, 5.41) is -0.115. The molecule has 2 rings (SSSR count). The van der Waals surface area contributed by atoms with E-state index in [9.17, 15) is 9.59 Å². The van der Waals surface area contributed by atoms with Crippen LogP contribution in [0.1, 0.15) is 13.8 Å². The van der Waals surface area contributed by atoms with Crippen molar-refractivity contribution < 1.29 is 14.3 Å². The monoisotopic (exact) mass is 264 g/mol. The lowest BCUT2D eigenvalue weighted by Gasteiger charge is -2.41. The molecule has 2 saturated heterocycles. The Kier molecular flexibility index (Phi) is 2.84. The van der Waals surface area contributed by atoms with Crippen molar-refractivity contribution in [3.63, 3.8) is 0 Å². The first kappa shape index (κ1) is 12.0. The van der Waals surface area contributed by atoms with Gasteiger partial charge in [-0.25, -0.2) is 4.79 Å². The number of thioether (sulfide) groups is 1. The number of hydrogen-bond acceptors (Lipinski definition) is 5. The summed E-state index contributed by atoms with van der Waals surface area (Å²) in [7, 11) is 0. The van der Waals surface area contributed by atoms with Gasteiger partial charge in [-0.2, -0.15) is 0 Å². The van der Waals surface area contributed by atoms with Gasteiger partial charge in [0.1, 0.15) is 17.5 Å². The summed E-state index contributed by atoms with van der Waals surface area (Å²) in [6.07, 6.45) is 0. The molecule has 1 unspecified atom stereocenters. The van der Waals surface area contributed by atoms with E-state index in [-0.39, 0.29) is 17.3 Å². The van der Waals surface area contributed by atoms with Crippen molar-refractivity contribution in [3.8, 4) is 0 Å². The van der Waals surface area contributed by atoms with Crippen LogP contribution < -0.4 is 5.73 Å². The number of amides is 1. The summed E-state index contributed by atoms with van der Waals surface area (Å²) in [5.74, 6) is -0.658. The molecular weight excluding hydrogens is 252 g/mol. The highest BCUT2D eigenvalue weighted by Gasteiger charge is 2.63. The summed E-state index contributed by atoms with van der Waals surface area (Å²) in [6, 6.07) is -1.29. The topological polar surface area (TPSA) is 72.6 Å². The first-order chi connectivity index (χ1) is 7.40. The van der Waals surface area contributed by atoms with E-state index in [4.69, 9.17) is 22.1 Å². The molecule has 0 saturated carbocycles. The predicted molar refractivity (Wildman–Crippen MR) is 60.9 cm³/mol. The fraction of sp³-hybridized carbons (Fsp3) is 0.778. The molecule has 5 nitrogen and oxygen atoms in total. The Balaban J connectivity index is 2.22. The second-order valence-electron chi connectivity index (χ2n) is 4.36. The molecular formula is C9H13ClN2O3S. The van der Waals surface area contributed by atoms with E-state index in [0.29, 0.717) is 0 Å². The zero-order valence-corrected chi connectivity index (χ0v) is 10.5. The van der Waals surface area contributed by atoms with Gasteiger partial charge < -0.3 is 15.4 Å². The number of hydrogen-bond donors (Lipinski definition) is 1. The minimum Gasteiger partial charge on any atom is -0.448 e. The van der Waals surface area contributed by atoms with Gasteiger partial charge in [0, 0.05) is 4.75 Å². The van der Waals surface area contributed by atoms with E-state index >= 15 is 0 Å². The maximum Gasteiger partial charge on any atom is 0.331 e. The first-order valence-corrected chi connectivity index (χ1v) is 6.30. The first-order valence-electron chi connectivity index (χ1n) is 4.88. The molecule has 2 aliphatic heterocycles. The van der Waals surface area contributed by atoms with Crippen LogP contribution in [0.15, 0.2) is 0 Å². The van der Waals surface area contributed by atoms with Crippen molar-refractivity contribution >= 4 is 35.2 Å². The van der Waals surface area contributed by atoms with Crippen LogP contribution >= 0.6 is 23.4 Å². The maximum atomic E-state index is 11.7. The number of β-lactam (4-membered cyclic amide) rings is 1. The smallest absolute Gasteiger partial charge is 0.331 e. The summed E-state index contributed by atoms with van der Waals surface area (Å²) in [6.45, 7) is 3.80. The van der Waals surface area contributed by atoms with Crippen LogP contribution in [0.5, 0.6) is 0 Å². The Bertz CT molecular complexity index is 350. The van der Waals surface area contributed by atoms with Gasteiger partial charge in [-0.1, -0.05) is 11.6 Å². The number of alkyl halides is 1. The fourth-order valence-corrected chi connectivity index (χ4v) is 3.83.